The van der Waals surface area contributed by atoms with Crippen molar-refractivity contribution in [3.05, 3.63) is 70.8 Å². The molecule has 0 spiro atoms. The zero-order chi connectivity index (χ0) is 17.8. The summed E-state index contributed by atoms with van der Waals surface area (Å²) in [4.78, 5) is 16.6. The molecule has 0 bridgehead atoms. The molecule has 0 aliphatic heterocycles. The Bertz CT molecular complexity index is 992. The highest BCUT2D eigenvalue weighted by atomic mass is 35.5. The quantitative estimate of drug-likeness (QED) is 0.627. The molecule has 0 atom stereocenters. The Kier molecular flexibility index (Phi) is 5.31. The number of hydrogen-bond donors (Lipinski definition) is 0. The zero-order valence-corrected chi connectivity index (χ0v) is 14.7. The number of thiazole rings is 1. The molecule has 0 unspecified atom stereocenters. The van der Waals surface area contributed by atoms with Crippen LogP contribution in [-0.4, -0.2) is 17.1 Å². The van der Waals surface area contributed by atoms with Crippen molar-refractivity contribution < 1.29 is 13.9 Å². The van der Waals surface area contributed by atoms with Crippen molar-refractivity contribution in [2.24, 2.45) is 4.99 Å². The number of carbonyl (C=O) groups is 1. The molecule has 2 aromatic carbocycles. The van der Waals surface area contributed by atoms with Crippen LogP contribution in [0.15, 0.2) is 60.1 Å². The molecule has 1 heterocycles. The molecule has 3 rings (SSSR count). The number of halogens is 2. The van der Waals surface area contributed by atoms with Crippen LogP contribution >= 0.6 is 22.9 Å². The van der Waals surface area contributed by atoms with Gasteiger partial charge in [-0.05, 0) is 36.4 Å². The average molecular weight is 377 g/mol. The zero-order valence-electron chi connectivity index (χ0n) is 13.1. The standard InChI is InChI=1S/C18H14ClFN2O2S/c1-2-10-22-17-14(20)4-3-5-15(17)25-18(22)21-16(23)11-24-13-8-6-12(19)7-9-13/h2-9H,1,10-11H2. The number of nitrogens with zero attached hydrogens (tertiary/aromatic N) is 2. The smallest absolute Gasteiger partial charge is 0.286 e. The number of ether oxygens (including phenoxy) is 1. The van der Waals surface area contributed by atoms with Gasteiger partial charge in [0.2, 0.25) is 0 Å². The van der Waals surface area contributed by atoms with Crippen molar-refractivity contribution in [3.63, 3.8) is 0 Å². The third-order valence-corrected chi connectivity index (χ3v) is 4.66. The van der Waals surface area contributed by atoms with E-state index in [-0.39, 0.29) is 12.4 Å². The second kappa shape index (κ2) is 7.63. The number of para-hydroxylation sites is 1. The minimum absolute atomic E-state index is 0.216. The van der Waals surface area contributed by atoms with Crippen LogP contribution in [0, 0.1) is 5.82 Å². The van der Waals surface area contributed by atoms with Crippen LogP contribution < -0.4 is 9.54 Å². The minimum atomic E-state index is -0.459. The molecule has 0 aliphatic carbocycles. The largest absolute Gasteiger partial charge is 0.484 e. The van der Waals surface area contributed by atoms with E-state index in [9.17, 15) is 9.18 Å². The molecule has 0 fully saturated rings. The molecule has 0 saturated heterocycles. The van der Waals surface area contributed by atoms with Crippen molar-refractivity contribution in [2.75, 3.05) is 6.61 Å². The average Bonchev–Trinajstić information content (AvgIpc) is 2.93. The van der Waals surface area contributed by atoms with E-state index in [4.69, 9.17) is 16.3 Å². The van der Waals surface area contributed by atoms with Gasteiger partial charge in [-0.2, -0.15) is 4.99 Å². The third-order valence-electron chi connectivity index (χ3n) is 3.36. The highest BCUT2D eigenvalue weighted by molar-refractivity contribution is 7.16. The molecule has 1 aromatic heterocycles. The van der Waals surface area contributed by atoms with Crippen molar-refractivity contribution in [1.29, 1.82) is 0 Å². The molecule has 0 radical (unpaired) electrons. The summed E-state index contributed by atoms with van der Waals surface area (Å²) in [5.74, 6) is -0.295. The van der Waals surface area contributed by atoms with Crippen molar-refractivity contribution in [1.82, 2.24) is 4.57 Å². The van der Waals surface area contributed by atoms with Crippen molar-refractivity contribution in [2.45, 2.75) is 6.54 Å². The molecule has 7 heteroatoms. The number of benzene rings is 2. The first-order chi connectivity index (χ1) is 12.1. The van der Waals surface area contributed by atoms with Gasteiger partial charge in [0, 0.05) is 11.6 Å². The Morgan fingerprint density at radius 3 is 2.80 bits per heavy atom. The first kappa shape index (κ1) is 17.4. The lowest BCUT2D eigenvalue weighted by molar-refractivity contribution is -0.120. The van der Waals surface area contributed by atoms with Crippen LogP contribution in [0.4, 0.5) is 4.39 Å². The van der Waals surface area contributed by atoms with Gasteiger partial charge >= 0.3 is 0 Å². The SMILES string of the molecule is C=CCn1c(=NC(=O)COc2ccc(Cl)cc2)sc2cccc(F)c21. The number of hydrogen-bond acceptors (Lipinski definition) is 3. The van der Waals surface area contributed by atoms with E-state index < -0.39 is 5.91 Å². The maximum atomic E-state index is 14.1. The first-order valence-corrected chi connectivity index (χ1v) is 8.62. The summed E-state index contributed by atoms with van der Waals surface area (Å²) in [6, 6.07) is 11.5. The summed E-state index contributed by atoms with van der Waals surface area (Å²) in [6.45, 7) is 3.81. The van der Waals surface area contributed by atoms with Gasteiger partial charge in [0.1, 0.15) is 11.6 Å². The summed E-state index contributed by atoms with van der Waals surface area (Å²) in [5, 5.41) is 0.584. The first-order valence-electron chi connectivity index (χ1n) is 7.43. The fourth-order valence-electron chi connectivity index (χ4n) is 2.29. The van der Waals surface area contributed by atoms with Crippen molar-refractivity contribution in [3.8, 4) is 5.75 Å². The van der Waals surface area contributed by atoms with Crippen LogP contribution in [0.25, 0.3) is 10.2 Å². The van der Waals surface area contributed by atoms with Gasteiger partial charge in [-0.3, -0.25) is 4.79 Å². The number of amides is 1. The van der Waals surface area contributed by atoms with Crippen LogP contribution in [-0.2, 0) is 11.3 Å². The van der Waals surface area contributed by atoms with Gasteiger partial charge in [-0.25, -0.2) is 4.39 Å². The summed E-state index contributed by atoms with van der Waals surface area (Å²) < 4.78 is 21.8. The van der Waals surface area contributed by atoms with Gasteiger partial charge < -0.3 is 9.30 Å². The van der Waals surface area contributed by atoms with Crippen LogP contribution in [0.1, 0.15) is 0 Å². The minimum Gasteiger partial charge on any atom is -0.484 e. The molecule has 0 N–H and O–H groups in total. The highest BCUT2D eigenvalue weighted by Crippen LogP contribution is 2.20. The Balaban J connectivity index is 1.88. The van der Waals surface area contributed by atoms with E-state index >= 15 is 0 Å². The van der Waals surface area contributed by atoms with Crippen LogP contribution in [0.3, 0.4) is 0 Å². The summed E-state index contributed by atoms with van der Waals surface area (Å²) >= 11 is 7.04. The Morgan fingerprint density at radius 2 is 2.08 bits per heavy atom. The molecule has 1 amide bonds. The maximum Gasteiger partial charge on any atom is 0.286 e. The number of carbonyl (C=O) groups excluding carboxylic acids is 1. The van der Waals surface area contributed by atoms with Gasteiger partial charge in [0.15, 0.2) is 11.4 Å². The fraction of sp³-hybridized carbons (Fsp3) is 0.111. The predicted molar refractivity (Wildman–Crippen MR) is 97.5 cm³/mol. The van der Waals surface area contributed by atoms with E-state index in [0.717, 1.165) is 0 Å². The van der Waals surface area contributed by atoms with E-state index in [1.54, 1.807) is 47.0 Å². The lowest BCUT2D eigenvalue weighted by Crippen LogP contribution is -2.19. The van der Waals surface area contributed by atoms with E-state index in [1.807, 2.05) is 0 Å². The monoisotopic (exact) mass is 376 g/mol. The number of aromatic nitrogens is 1. The number of rotatable bonds is 5. The number of fused-ring (bicyclic) bond motifs is 1. The second-order valence-electron chi connectivity index (χ2n) is 5.12. The molecule has 128 valence electrons. The Hall–Kier alpha value is -2.44. The van der Waals surface area contributed by atoms with E-state index in [0.29, 0.717) is 32.3 Å². The molecule has 0 aliphatic rings. The summed E-state index contributed by atoms with van der Waals surface area (Å²) in [6.07, 6.45) is 1.63. The van der Waals surface area contributed by atoms with Gasteiger partial charge in [-0.15, -0.1) is 6.58 Å². The lowest BCUT2D eigenvalue weighted by atomic mass is 10.3. The summed E-state index contributed by atoms with van der Waals surface area (Å²) in [7, 11) is 0. The lowest BCUT2D eigenvalue weighted by Gasteiger charge is -2.03. The van der Waals surface area contributed by atoms with Gasteiger partial charge in [0.05, 0.1) is 10.2 Å². The number of allylic oxidation sites excluding steroid dienone is 1. The maximum absolute atomic E-state index is 14.1. The second-order valence-corrected chi connectivity index (χ2v) is 6.56. The molecule has 4 nitrogen and oxygen atoms in total. The normalized spacial score (nSPS) is 11.7. The summed E-state index contributed by atoms with van der Waals surface area (Å²) in [5.41, 5.74) is 0.414. The molecule has 3 aromatic rings. The molecular weight excluding hydrogens is 363 g/mol. The highest BCUT2D eigenvalue weighted by Gasteiger charge is 2.11. The Labute approximate surface area is 152 Å². The van der Waals surface area contributed by atoms with Crippen LogP contribution in [0.2, 0.25) is 5.02 Å². The van der Waals surface area contributed by atoms with Gasteiger partial charge in [0.25, 0.3) is 5.91 Å². The fourth-order valence-corrected chi connectivity index (χ4v) is 3.48. The molecular formula is C18H14ClFN2O2S. The topological polar surface area (TPSA) is 43.6 Å². The van der Waals surface area contributed by atoms with Gasteiger partial charge in [-0.1, -0.05) is 35.1 Å². The molecule has 0 saturated carbocycles. The third kappa shape index (κ3) is 3.97. The molecule has 25 heavy (non-hydrogen) atoms. The van der Waals surface area contributed by atoms with Crippen LogP contribution in [0.5, 0.6) is 5.75 Å². The van der Waals surface area contributed by atoms with E-state index in [1.165, 1.54) is 17.4 Å². The Morgan fingerprint density at radius 1 is 1.32 bits per heavy atom. The van der Waals surface area contributed by atoms with Crippen molar-refractivity contribution >= 4 is 39.1 Å². The van der Waals surface area contributed by atoms with E-state index in [2.05, 4.69) is 11.6 Å². The predicted octanol–water partition coefficient (Wildman–Crippen LogP) is 4.19.